The summed E-state index contributed by atoms with van der Waals surface area (Å²) in [6.45, 7) is 5.55. The third-order valence-corrected chi connectivity index (χ3v) is 6.92. The first-order valence-corrected chi connectivity index (χ1v) is 11.7. The second-order valence-electron chi connectivity index (χ2n) is 9.82. The van der Waals surface area contributed by atoms with Gasteiger partial charge in [-0.25, -0.2) is 8.78 Å². The minimum atomic E-state index is -1.01. The molecule has 37 heavy (non-hydrogen) atoms. The molecule has 12 heteroatoms. The van der Waals surface area contributed by atoms with Gasteiger partial charge in [0.15, 0.2) is 11.4 Å². The number of hydrogen-bond donors (Lipinski definition) is 3. The van der Waals surface area contributed by atoms with Crippen molar-refractivity contribution in [2.75, 3.05) is 13.1 Å². The standard InChI is InChI=1S/C25H28F2N4O5.ClH/c1-13(2)30-12-25(7-15(8-25)9-28-14(3)32)31-11-18(21(33)22(34)20(31)24(30)36)23(35)29-10-16-4-5-17(26)6-19(16)27;/h4-6,11,13,15,34H,7-10,12H2,1-3H3,(H,28,32)(H,29,35);1H/t15-,25-;. The Bertz CT molecular complexity index is 1310. The molecule has 3 N–H and O–H groups in total. The molecule has 1 aliphatic carbocycles. The van der Waals surface area contributed by atoms with Crippen LogP contribution in [-0.2, 0) is 16.9 Å². The van der Waals surface area contributed by atoms with Gasteiger partial charge in [0, 0.05) is 50.4 Å². The number of benzene rings is 1. The van der Waals surface area contributed by atoms with Gasteiger partial charge >= 0.3 is 0 Å². The molecule has 2 heterocycles. The lowest BCUT2D eigenvalue weighted by Crippen LogP contribution is -2.62. The number of hydrogen-bond acceptors (Lipinski definition) is 5. The molecule has 0 radical (unpaired) electrons. The van der Waals surface area contributed by atoms with E-state index in [9.17, 15) is 33.1 Å². The van der Waals surface area contributed by atoms with Crippen LogP contribution >= 0.6 is 12.4 Å². The largest absolute Gasteiger partial charge is 0.503 e. The Hall–Kier alpha value is -3.47. The molecule has 0 unspecified atom stereocenters. The van der Waals surface area contributed by atoms with E-state index in [1.165, 1.54) is 23.8 Å². The number of aromatic hydroxyl groups is 1. The number of carbonyl (C=O) groups excluding carboxylic acids is 3. The lowest BCUT2D eigenvalue weighted by molar-refractivity contribution is -0.119. The summed E-state index contributed by atoms with van der Waals surface area (Å²) in [6, 6.07) is 2.72. The number of fused-ring (bicyclic) bond motifs is 2. The average Bonchev–Trinajstić information content (AvgIpc) is 2.78. The van der Waals surface area contributed by atoms with E-state index in [2.05, 4.69) is 10.6 Å². The fourth-order valence-corrected chi connectivity index (χ4v) is 5.07. The highest BCUT2D eigenvalue weighted by molar-refractivity contribution is 5.99. The van der Waals surface area contributed by atoms with Crippen LogP contribution in [0, 0.1) is 17.6 Å². The summed E-state index contributed by atoms with van der Waals surface area (Å²) in [5.74, 6) is -3.86. The van der Waals surface area contributed by atoms with Crippen LogP contribution in [0.1, 0.15) is 60.0 Å². The second kappa shape index (κ2) is 10.5. The van der Waals surface area contributed by atoms with Crippen molar-refractivity contribution in [1.82, 2.24) is 20.1 Å². The predicted molar refractivity (Wildman–Crippen MR) is 133 cm³/mol. The summed E-state index contributed by atoms with van der Waals surface area (Å²) in [5, 5.41) is 16.0. The molecule has 2 aromatic rings. The van der Waals surface area contributed by atoms with E-state index in [-0.39, 0.29) is 48.1 Å². The van der Waals surface area contributed by atoms with Crippen molar-refractivity contribution in [1.29, 1.82) is 0 Å². The number of aromatic nitrogens is 1. The summed E-state index contributed by atoms with van der Waals surface area (Å²) in [7, 11) is 0. The molecule has 9 nitrogen and oxygen atoms in total. The van der Waals surface area contributed by atoms with Crippen molar-refractivity contribution < 1.29 is 28.3 Å². The van der Waals surface area contributed by atoms with E-state index in [1.807, 2.05) is 13.8 Å². The molecule has 1 spiro atoms. The maximum atomic E-state index is 14.0. The van der Waals surface area contributed by atoms with Crippen LogP contribution in [0.15, 0.2) is 29.2 Å². The van der Waals surface area contributed by atoms with Crippen molar-refractivity contribution in [2.45, 2.75) is 51.7 Å². The normalized spacial score (nSPS) is 20.2. The number of rotatable bonds is 6. The second-order valence-corrected chi connectivity index (χ2v) is 9.82. The molecule has 1 aromatic heterocycles. The Kier molecular flexibility index (Phi) is 7.97. The first-order valence-electron chi connectivity index (χ1n) is 11.7. The van der Waals surface area contributed by atoms with Crippen molar-refractivity contribution in [3.8, 4) is 5.75 Å². The van der Waals surface area contributed by atoms with Crippen LogP contribution in [0.25, 0.3) is 0 Å². The summed E-state index contributed by atoms with van der Waals surface area (Å²) in [4.78, 5) is 51.9. The summed E-state index contributed by atoms with van der Waals surface area (Å²) >= 11 is 0. The summed E-state index contributed by atoms with van der Waals surface area (Å²) in [6.07, 6.45) is 2.39. The highest BCUT2D eigenvalue weighted by Gasteiger charge is 2.52. The first-order chi connectivity index (χ1) is 16.9. The van der Waals surface area contributed by atoms with Crippen LogP contribution in [0.4, 0.5) is 8.78 Å². The van der Waals surface area contributed by atoms with Gasteiger partial charge in [0.1, 0.15) is 17.2 Å². The van der Waals surface area contributed by atoms with Gasteiger partial charge in [-0.05, 0) is 38.7 Å². The third-order valence-electron chi connectivity index (χ3n) is 6.92. The van der Waals surface area contributed by atoms with E-state index in [4.69, 9.17) is 0 Å². The number of carbonyl (C=O) groups is 3. The minimum Gasteiger partial charge on any atom is -0.503 e. The SMILES string of the molecule is CC(=O)NC[C@H]1C[C@@]2(CN(C(C)C)C(=O)c3c(O)c(=O)c(C(=O)NCc4ccc(F)cc4F)cn32)C1.Cl. The zero-order valence-corrected chi connectivity index (χ0v) is 21.5. The zero-order chi connectivity index (χ0) is 26.4. The molecule has 0 atom stereocenters. The van der Waals surface area contributed by atoms with Gasteiger partial charge < -0.3 is 25.2 Å². The Labute approximate surface area is 218 Å². The van der Waals surface area contributed by atoms with E-state index >= 15 is 0 Å². The molecule has 3 amide bonds. The Balaban J connectivity index is 0.00000380. The van der Waals surface area contributed by atoms with E-state index in [0.717, 1.165) is 6.07 Å². The van der Waals surface area contributed by atoms with Crippen LogP contribution in [0.2, 0.25) is 0 Å². The van der Waals surface area contributed by atoms with Gasteiger partial charge in [0.05, 0.1) is 5.54 Å². The molecule has 1 aromatic carbocycles. The van der Waals surface area contributed by atoms with Gasteiger partial charge in [-0.2, -0.15) is 0 Å². The van der Waals surface area contributed by atoms with E-state index in [0.29, 0.717) is 32.0 Å². The van der Waals surface area contributed by atoms with Crippen molar-refractivity contribution in [3.05, 3.63) is 63.1 Å². The van der Waals surface area contributed by atoms with E-state index in [1.54, 1.807) is 4.90 Å². The van der Waals surface area contributed by atoms with Gasteiger partial charge in [-0.1, -0.05) is 6.07 Å². The molecular weight excluding hydrogens is 510 g/mol. The highest BCUT2D eigenvalue weighted by atomic mass is 35.5. The van der Waals surface area contributed by atoms with E-state index < -0.39 is 45.7 Å². The summed E-state index contributed by atoms with van der Waals surface area (Å²) in [5.41, 5.74) is -2.24. The maximum absolute atomic E-state index is 14.0. The smallest absolute Gasteiger partial charge is 0.274 e. The Morgan fingerprint density at radius 2 is 1.86 bits per heavy atom. The number of pyridine rings is 1. The molecule has 2 aliphatic rings. The Morgan fingerprint density at radius 1 is 1.19 bits per heavy atom. The summed E-state index contributed by atoms with van der Waals surface area (Å²) < 4.78 is 28.6. The highest BCUT2D eigenvalue weighted by Crippen LogP contribution is 2.48. The molecule has 200 valence electrons. The molecular formula is C25H29ClF2N4O5. The Morgan fingerprint density at radius 3 is 2.46 bits per heavy atom. The lowest BCUT2D eigenvalue weighted by Gasteiger charge is -2.55. The van der Waals surface area contributed by atoms with Crippen molar-refractivity contribution in [3.63, 3.8) is 0 Å². The molecule has 4 rings (SSSR count). The molecule has 0 bridgehead atoms. The number of amides is 3. The van der Waals surface area contributed by atoms with Crippen molar-refractivity contribution in [2.24, 2.45) is 5.92 Å². The maximum Gasteiger partial charge on any atom is 0.274 e. The molecule has 1 saturated carbocycles. The zero-order valence-electron chi connectivity index (χ0n) is 20.6. The monoisotopic (exact) mass is 538 g/mol. The number of nitrogens with zero attached hydrogens (tertiary/aromatic N) is 2. The number of halogens is 3. The van der Waals surface area contributed by atoms with Crippen LogP contribution < -0.4 is 16.1 Å². The fourth-order valence-electron chi connectivity index (χ4n) is 5.07. The number of nitrogens with one attached hydrogen (secondary N) is 2. The first kappa shape index (κ1) is 28.1. The topological polar surface area (TPSA) is 121 Å². The quantitative estimate of drug-likeness (QED) is 0.521. The van der Waals surface area contributed by atoms with Crippen molar-refractivity contribution >= 4 is 30.1 Å². The van der Waals surface area contributed by atoms with Gasteiger partial charge in [-0.3, -0.25) is 19.2 Å². The molecule has 1 aliphatic heterocycles. The van der Waals surface area contributed by atoms with Crippen LogP contribution in [-0.4, -0.2) is 51.4 Å². The molecule has 0 saturated heterocycles. The van der Waals surface area contributed by atoms with Gasteiger partial charge in [0.25, 0.3) is 11.8 Å². The van der Waals surface area contributed by atoms with Crippen LogP contribution in [0.5, 0.6) is 5.75 Å². The third kappa shape index (κ3) is 5.18. The van der Waals surface area contributed by atoms with Crippen LogP contribution in [0.3, 0.4) is 0 Å². The predicted octanol–water partition coefficient (Wildman–Crippen LogP) is 2.29. The molecule has 1 fully saturated rings. The fraction of sp³-hybridized carbons (Fsp3) is 0.440. The van der Waals surface area contributed by atoms with Gasteiger partial charge in [-0.15, -0.1) is 12.4 Å². The lowest BCUT2D eigenvalue weighted by atomic mass is 9.66. The minimum absolute atomic E-state index is 0. The van der Waals surface area contributed by atoms with Gasteiger partial charge in [0.2, 0.25) is 11.3 Å². The average molecular weight is 539 g/mol.